The van der Waals surface area contributed by atoms with E-state index in [9.17, 15) is 8.78 Å². The van der Waals surface area contributed by atoms with Gasteiger partial charge in [0.1, 0.15) is 0 Å². The predicted octanol–water partition coefficient (Wildman–Crippen LogP) is 4.89. The van der Waals surface area contributed by atoms with Crippen molar-refractivity contribution in [2.24, 2.45) is 0 Å². The lowest BCUT2D eigenvalue weighted by Gasteiger charge is -2.19. The van der Waals surface area contributed by atoms with Crippen LogP contribution in [0.2, 0.25) is 0 Å². The Labute approximate surface area is 115 Å². The topological polar surface area (TPSA) is 12.0 Å². The van der Waals surface area contributed by atoms with Crippen molar-refractivity contribution in [1.82, 2.24) is 5.32 Å². The summed E-state index contributed by atoms with van der Waals surface area (Å²) in [7, 11) is 0. The molecule has 1 N–H and O–H groups in total. The van der Waals surface area contributed by atoms with Gasteiger partial charge in [0.05, 0.1) is 0 Å². The maximum Gasteiger partial charge on any atom is 0.163 e. The lowest BCUT2D eigenvalue weighted by molar-refractivity contribution is 0.437. The molecule has 19 heavy (non-hydrogen) atoms. The molecule has 0 radical (unpaired) electrons. The molecule has 0 spiro atoms. The lowest BCUT2D eigenvalue weighted by atomic mass is 9.98. The van der Waals surface area contributed by atoms with Crippen LogP contribution in [0, 0.1) is 18.6 Å². The Morgan fingerprint density at radius 2 is 1.79 bits per heavy atom. The standard InChI is InChI=1S/C16H25F2N/c1-4-6-7-8-9-14(19-5-2)13-11-10-12(3)15(17)16(13)18/h10-11,14,19H,4-9H2,1-3H3. The van der Waals surface area contributed by atoms with Gasteiger partial charge in [0.25, 0.3) is 0 Å². The molecular weight excluding hydrogens is 244 g/mol. The summed E-state index contributed by atoms with van der Waals surface area (Å²) in [5, 5.41) is 3.26. The fraction of sp³-hybridized carbons (Fsp3) is 0.625. The molecule has 0 heterocycles. The highest BCUT2D eigenvalue weighted by Gasteiger charge is 2.18. The molecule has 1 atom stereocenters. The van der Waals surface area contributed by atoms with Crippen LogP contribution in [0.25, 0.3) is 0 Å². The van der Waals surface area contributed by atoms with E-state index in [4.69, 9.17) is 0 Å². The first-order valence-corrected chi connectivity index (χ1v) is 7.29. The number of unbranched alkanes of at least 4 members (excludes halogenated alkanes) is 3. The Morgan fingerprint density at radius 3 is 2.42 bits per heavy atom. The molecule has 0 fully saturated rings. The second-order valence-corrected chi connectivity index (χ2v) is 5.06. The van der Waals surface area contributed by atoms with Crippen molar-refractivity contribution in [2.75, 3.05) is 6.54 Å². The quantitative estimate of drug-likeness (QED) is 0.662. The zero-order valence-corrected chi connectivity index (χ0v) is 12.2. The van der Waals surface area contributed by atoms with Crippen LogP contribution in [-0.2, 0) is 0 Å². The summed E-state index contributed by atoms with van der Waals surface area (Å²) in [6, 6.07) is 3.28. The Bertz CT molecular complexity index is 391. The number of benzene rings is 1. The Hall–Kier alpha value is -0.960. The van der Waals surface area contributed by atoms with Crippen molar-refractivity contribution >= 4 is 0 Å². The van der Waals surface area contributed by atoms with E-state index in [2.05, 4.69) is 12.2 Å². The van der Waals surface area contributed by atoms with Crippen molar-refractivity contribution < 1.29 is 8.78 Å². The molecule has 1 aromatic carbocycles. The maximum absolute atomic E-state index is 14.0. The molecule has 108 valence electrons. The molecular formula is C16H25F2N. The van der Waals surface area contributed by atoms with Gasteiger partial charge in [-0.1, -0.05) is 51.7 Å². The van der Waals surface area contributed by atoms with Crippen LogP contribution in [0.15, 0.2) is 12.1 Å². The number of aryl methyl sites for hydroxylation is 1. The summed E-state index contributed by atoms with van der Waals surface area (Å²) >= 11 is 0. The van der Waals surface area contributed by atoms with Gasteiger partial charge in [-0.3, -0.25) is 0 Å². The molecule has 1 aromatic rings. The normalized spacial score (nSPS) is 12.7. The second-order valence-electron chi connectivity index (χ2n) is 5.06. The minimum absolute atomic E-state index is 0.0862. The summed E-state index contributed by atoms with van der Waals surface area (Å²) in [5.41, 5.74) is 0.823. The number of hydrogen-bond acceptors (Lipinski definition) is 1. The molecule has 1 nitrogen and oxygen atoms in total. The van der Waals surface area contributed by atoms with Crippen LogP contribution in [0.4, 0.5) is 8.78 Å². The van der Waals surface area contributed by atoms with Crippen molar-refractivity contribution in [3.05, 3.63) is 34.9 Å². The molecule has 0 aromatic heterocycles. The Morgan fingerprint density at radius 1 is 1.05 bits per heavy atom. The first-order chi connectivity index (χ1) is 9.11. The predicted molar refractivity (Wildman–Crippen MR) is 76.3 cm³/mol. The molecule has 0 saturated carbocycles. The highest BCUT2D eigenvalue weighted by atomic mass is 19.2. The van der Waals surface area contributed by atoms with E-state index < -0.39 is 11.6 Å². The van der Waals surface area contributed by atoms with Crippen LogP contribution < -0.4 is 5.32 Å². The van der Waals surface area contributed by atoms with E-state index >= 15 is 0 Å². The highest BCUT2D eigenvalue weighted by Crippen LogP contribution is 2.25. The van der Waals surface area contributed by atoms with E-state index in [-0.39, 0.29) is 6.04 Å². The van der Waals surface area contributed by atoms with E-state index in [1.54, 1.807) is 19.1 Å². The molecule has 0 aliphatic heterocycles. The van der Waals surface area contributed by atoms with E-state index in [0.29, 0.717) is 11.1 Å². The molecule has 0 amide bonds. The van der Waals surface area contributed by atoms with Gasteiger partial charge < -0.3 is 5.32 Å². The number of hydrogen-bond donors (Lipinski definition) is 1. The highest BCUT2D eigenvalue weighted by molar-refractivity contribution is 5.27. The van der Waals surface area contributed by atoms with Gasteiger partial charge in [-0.05, 0) is 25.5 Å². The van der Waals surface area contributed by atoms with Crippen molar-refractivity contribution in [2.45, 2.75) is 58.9 Å². The maximum atomic E-state index is 14.0. The van der Waals surface area contributed by atoms with Crippen LogP contribution >= 0.6 is 0 Å². The smallest absolute Gasteiger partial charge is 0.163 e. The summed E-state index contributed by atoms with van der Waals surface area (Å²) in [4.78, 5) is 0. The summed E-state index contributed by atoms with van der Waals surface area (Å²) < 4.78 is 27.6. The van der Waals surface area contributed by atoms with Crippen molar-refractivity contribution in [3.63, 3.8) is 0 Å². The number of rotatable bonds is 8. The largest absolute Gasteiger partial charge is 0.310 e. The van der Waals surface area contributed by atoms with E-state index in [1.807, 2.05) is 6.92 Å². The Kier molecular flexibility index (Phi) is 7.00. The van der Waals surface area contributed by atoms with Crippen LogP contribution in [-0.4, -0.2) is 6.54 Å². The minimum atomic E-state index is -0.714. The monoisotopic (exact) mass is 269 g/mol. The molecule has 3 heteroatoms. The number of nitrogens with one attached hydrogen (secondary N) is 1. The Balaban J connectivity index is 2.78. The third-order valence-corrected chi connectivity index (χ3v) is 3.48. The first-order valence-electron chi connectivity index (χ1n) is 7.29. The van der Waals surface area contributed by atoms with E-state index in [1.165, 1.54) is 12.8 Å². The summed E-state index contributed by atoms with van der Waals surface area (Å²) in [6.07, 6.45) is 5.42. The third kappa shape index (κ3) is 4.57. The second kappa shape index (κ2) is 8.26. The fourth-order valence-corrected chi connectivity index (χ4v) is 2.32. The first kappa shape index (κ1) is 16.1. The van der Waals surface area contributed by atoms with Crippen LogP contribution in [0.1, 0.15) is 63.1 Å². The SMILES string of the molecule is CCCCCCC(NCC)c1ccc(C)c(F)c1F. The minimum Gasteiger partial charge on any atom is -0.310 e. The molecule has 0 aliphatic carbocycles. The summed E-state index contributed by atoms with van der Waals surface area (Å²) in [5.74, 6) is -1.41. The average Bonchev–Trinajstić information content (AvgIpc) is 2.40. The van der Waals surface area contributed by atoms with Gasteiger partial charge in [0.15, 0.2) is 11.6 Å². The van der Waals surface area contributed by atoms with Gasteiger partial charge in [-0.2, -0.15) is 0 Å². The number of halogens is 2. The van der Waals surface area contributed by atoms with Crippen molar-refractivity contribution in [1.29, 1.82) is 0 Å². The zero-order chi connectivity index (χ0) is 14.3. The summed E-state index contributed by atoms with van der Waals surface area (Å²) in [6.45, 7) is 6.50. The van der Waals surface area contributed by atoms with E-state index in [0.717, 1.165) is 25.8 Å². The zero-order valence-electron chi connectivity index (χ0n) is 12.2. The molecule has 0 bridgehead atoms. The molecule has 1 unspecified atom stereocenters. The molecule has 0 saturated heterocycles. The lowest BCUT2D eigenvalue weighted by Crippen LogP contribution is -2.22. The van der Waals surface area contributed by atoms with Crippen molar-refractivity contribution in [3.8, 4) is 0 Å². The average molecular weight is 269 g/mol. The van der Waals surface area contributed by atoms with Crippen LogP contribution in [0.3, 0.4) is 0 Å². The van der Waals surface area contributed by atoms with Gasteiger partial charge in [0, 0.05) is 11.6 Å². The van der Waals surface area contributed by atoms with Gasteiger partial charge in [-0.25, -0.2) is 8.78 Å². The van der Waals surface area contributed by atoms with Gasteiger partial charge in [-0.15, -0.1) is 0 Å². The molecule has 0 aliphatic rings. The third-order valence-electron chi connectivity index (χ3n) is 3.48. The molecule has 1 rings (SSSR count). The van der Waals surface area contributed by atoms with Gasteiger partial charge in [0.2, 0.25) is 0 Å². The fourth-order valence-electron chi connectivity index (χ4n) is 2.32. The van der Waals surface area contributed by atoms with Gasteiger partial charge >= 0.3 is 0 Å². The van der Waals surface area contributed by atoms with Crippen LogP contribution in [0.5, 0.6) is 0 Å².